The lowest BCUT2D eigenvalue weighted by Crippen LogP contribution is -2.49. The molecule has 0 spiro atoms. The first kappa shape index (κ1) is 18.0. The summed E-state index contributed by atoms with van der Waals surface area (Å²) in [5.41, 5.74) is 2.60. The maximum atomic E-state index is 13.3. The molecule has 1 aromatic carbocycles. The number of Topliss-reactive ketones (excluding diaryl/α,β-unsaturated/α-hetero) is 1. The van der Waals surface area contributed by atoms with Crippen molar-refractivity contribution in [3.05, 3.63) is 42.1 Å². The Kier molecular flexibility index (Phi) is 3.88. The molecule has 2 aromatic rings. The smallest absolute Gasteiger partial charge is 0.235 e. The van der Waals surface area contributed by atoms with Gasteiger partial charge in [-0.25, -0.2) is 0 Å². The maximum absolute atomic E-state index is 13.3. The van der Waals surface area contributed by atoms with E-state index in [0.717, 1.165) is 22.2 Å². The number of carbonyl (C=O) groups is 3. The maximum Gasteiger partial charge on any atom is 0.235 e. The summed E-state index contributed by atoms with van der Waals surface area (Å²) in [4.78, 5) is 47.4. The third-order valence-corrected chi connectivity index (χ3v) is 6.72. The van der Waals surface area contributed by atoms with Crippen molar-refractivity contribution in [3.8, 4) is 0 Å². The molecule has 2 amide bonds. The number of carbonyl (C=O) groups excluding carboxylic acids is 3. The van der Waals surface area contributed by atoms with Gasteiger partial charge in [0.2, 0.25) is 11.8 Å². The van der Waals surface area contributed by atoms with Crippen LogP contribution in [0.25, 0.3) is 17.0 Å². The van der Waals surface area contributed by atoms with Crippen molar-refractivity contribution < 1.29 is 14.4 Å². The molecule has 4 heterocycles. The van der Waals surface area contributed by atoms with Gasteiger partial charge in [0.15, 0.2) is 5.78 Å². The fourth-order valence-electron chi connectivity index (χ4n) is 5.28. The molecule has 0 aliphatic carbocycles. The van der Waals surface area contributed by atoms with Gasteiger partial charge in [-0.15, -0.1) is 0 Å². The average molecular weight is 389 g/mol. The van der Waals surface area contributed by atoms with Crippen molar-refractivity contribution in [2.75, 3.05) is 4.90 Å². The molecule has 3 aliphatic heterocycles. The van der Waals surface area contributed by atoms with Crippen LogP contribution in [-0.2, 0) is 14.4 Å². The van der Waals surface area contributed by atoms with Crippen LogP contribution in [0, 0.1) is 11.8 Å². The quantitative estimate of drug-likeness (QED) is 0.755. The molecule has 6 nitrogen and oxygen atoms in total. The van der Waals surface area contributed by atoms with Crippen molar-refractivity contribution >= 4 is 40.3 Å². The minimum atomic E-state index is -0.660. The van der Waals surface area contributed by atoms with Crippen LogP contribution in [0.4, 0.5) is 5.69 Å². The summed E-state index contributed by atoms with van der Waals surface area (Å²) in [6.45, 7) is 5.37. The summed E-state index contributed by atoms with van der Waals surface area (Å²) in [6.07, 6.45) is 6.40. The van der Waals surface area contributed by atoms with Gasteiger partial charge in [0.1, 0.15) is 6.04 Å². The minimum Gasteiger partial charge on any atom is -0.351 e. The number of fused-ring (bicyclic) bond motifs is 7. The van der Waals surface area contributed by atoms with E-state index in [1.54, 1.807) is 6.20 Å². The number of aromatic nitrogens is 1. The zero-order valence-corrected chi connectivity index (χ0v) is 16.7. The number of likely N-dealkylation sites (tertiary alicyclic amines) is 1. The molecular formula is C23H23N3O3. The molecule has 5 rings (SSSR count). The minimum absolute atomic E-state index is 0.0937. The summed E-state index contributed by atoms with van der Waals surface area (Å²) in [6, 6.07) is 6.73. The molecule has 2 fully saturated rings. The molecule has 2 saturated heterocycles. The Morgan fingerprint density at radius 3 is 2.66 bits per heavy atom. The van der Waals surface area contributed by atoms with Crippen LogP contribution < -0.4 is 4.90 Å². The average Bonchev–Trinajstić information content (AvgIpc) is 3.20. The number of benzene rings is 1. The lowest BCUT2D eigenvalue weighted by atomic mass is 9.88. The second-order valence-corrected chi connectivity index (χ2v) is 8.25. The van der Waals surface area contributed by atoms with Gasteiger partial charge >= 0.3 is 0 Å². The molecule has 1 aromatic heterocycles. The number of pyridine rings is 1. The number of anilines is 1. The van der Waals surface area contributed by atoms with Crippen LogP contribution in [0.3, 0.4) is 0 Å². The Morgan fingerprint density at radius 1 is 1.17 bits per heavy atom. The van der Waals surface area contributed by atoms with Gasteiger partial charge in [-0.3, -0.25) is 24.3 Å². The Labute approximate surface area is 169 Å². The van der Waals surface area contributed by atoms with Crippen molar-refractivity contribution in [2.24, 2.45) is 11.8 Å². The van der Waals surface area contributed by atoms with Crippen LogP contribution in [0.5, 0.6) is 0 Å². The molecule has 148 valence electrons. The molecule has 6 heteroatoms. The highest BCUT2D eigenvalue weighted by Gasteiger charge is 2.64. The molecule has 0 N–H and O–H groups in total. The predicted octanol–water partition coefficient (Wildman–Crippen LogP) is 2.81. The molecule has 0 radical (unpaired) electrons. The third-order valence-electron chi connectivity index (χ3n) is 6.72. The van der Waals surface area contributed by atoms with E-state index < -0.39 is 17.9 Å². The van der Waals surface area contributed by atoms with Gasteiger partial charge in [0, 0.05) is 17.6 Å². The van der Waals surface area contributed by atoms with E-state index in [1.165, 1.54) is 11.8 Å². The number of ketones is 1. The van der Waals surface area contributed by atoms with E-state index in [2.05, 4.69) is 4.98 Å². The summed E-state index contributed by atoms with van der Waals surface area (Å²) in [5, 5.41) is 0.971. The highest BCUT2D eigenvalue weighted by Crippen LogP contribution is 2.50. The first-order chi connectivity index (χ1) is 14.0. The van der Waals surface area contributed by atoms with Gasteiger partial charge in [0.25, 0.3) is 0 Å². The number of amides is 2. The normalized spacial score (nSPS) is 28.5. The third kappa shape index (κ3) is 2.29. The van der Waals surface area contributed by atoms with Crippen molar-refractivity contribution in [1.29, 1.82) is 0 Å². The van der Waals surface area contributed by atoms with Gasteiger partial charge in [0.05, 0.1) is 29.1 Å². The SMILES string of the molecule is CC[C@H](C)N1C(=O)[C@@H]2[C@@H](C1=O)[C@H](C(C)=O)N1c3c(ccc4cccnc34)C=C[C@H]21. The summed E-state index contributed by atoms with van der Waals surface area (Å²) in [5.74, 6) is -1.65. The van der Waals surface area contributed by atoms with Crippen molar-refractivity contribution in [1.82, 2.24) is 9.88 Å². The van der Waals surface area contributed by atoms with Crippen LogP contribution in [-0.4, -0.2) is 45.6 Å². The van der Waals surface area contributed by atoms with Gasteiger partial charge < -0.3 is 4.90 Å². The molecule has 0 bridgehead atoms. The second-order valence-electron chi connectivity index (χ2n) is 8.25. The van der Waals surface area contributed by atoms with Crippen molar-refractivity contribution in [2.45, 2.75) is 45.3 Å². The van der Waals surface area contributed by atoms with E-state index in [-0.39, 0.29) is 29.7 Å². The highest BCUT2D eigenvalue weighted by molar-refractivity contribution is 6.12. The van der Waals surface area contributed by atoms with Crippen LogP contribution in [0.15, 0.2) is 36.5 Å². The van der Waals surface area contributed by atoms with Crippen molar-refractivity contribution in [3.63, 3.8) is 0 Å². The largest absolute Gasteiger partial charge is 0.351 e. The molecule has 0 saturated carbocycles. The summed E-state index contributed by atoms with van der Waals surface area (Å²) >= 11 is 0. The molecular weight excluding hydrogens is 366 g/mol. The van der Waals surface area contributed by atoms with E-state index in [1.807, 2.05) is 55.2 Å². The van der Waals surface area contributed by atoms with Crippen LogP contribution >= 0.6 is 0 Å². The van der Waals surface area contributed by atoms with Gasteiger partial charge in [-0.1, -0.05) is 37.3 Å². The van der Waals surface area contributed by atoms with E-state index in [9.17, 15) is 14.4 Å². The molecule has 5 atom stereocenters. The molecule has 0 unspecified atom stereocenters. The zero-order valence-electron chi connectivity index (χ0n) is 16.7. The Bertz CT molecular complexity index is 1090. The fraction of sp³-hybridized carbons (Fsp3) is 0.391. The van der Waals surface area contributed by atoms with E-state index in [0.29, 0.717) is 6.42 Å². The zero-order chi connectivity index (χ0) is 20.4. The Balaban J connectivity index is 1.71. The Hall–Kier alpha value is -3.02. The number of hydrogen-bond donors (Lipinski definition) is 0. The molecule has 29 heavy (non-hydrogen) atoms. The fourth-order valence-corrected chi connectivity index (χ4v) is 5.28. The number of rotatable bonds is 3. The first-order valence-corrected chi connectivity index (χ1v) is 10.2. The lowest BCUT2D eigenvalue weighted by molar-refractivity contribution is -0.143. The number of nitrogens with zero attached hydrogens (tertiary/aromatic N) is 3. The standard InChI is InChI=1S/C23H23N3O3/c1-4-12(2)25-22(28)17-16-10-9-15-8-7-14-6-5-11-24-19(14)21(15)26(16)20(13(3)27)18(17)23(25)29/h5-12,16-18,20H,4H2,1-3H3/t12-,16+,17-,18+,20-/m0/s1. The second kappa shape index (κ2) is 6.24. The number of hydrogen-bond acceptors (Lipinski definition) is 5. The molecule has 3 aliphatic rings. The van der Waals surface area contributed by atoms with Crippen LogP contribution in [0.1, 0.15) is 32.8 Å². The summed E-state index contributed by atoms with van der Waals surface area (Å²) < 4.78 is 0. The van der Waals surface area contributed by atoms with E-state index in [4.69, 9.17) is 0 Å². The van der Waals surface area contributed by atoms with Gasteiger partial charge in [-0.05, 0) is 31.9 Å². The summed E-state index contributed by atoms with van der Waals surface area (Å²) in [7, 11) is 0. The van der Waals surface area contributed by atoms with Gasteiger partial charge in [-0.2, -0.15) is 0 Å². The predicted molar refractivity (Wildman–Crippen MR) is 110 cm³/mol. The number of imide groups is 1. The van der Waals surface area contributed by atoms with Crippen LogP contribution in [0.2, 0.25) is 0 Å². The highest BCUT2D eigenvalue weighted by atomic mass is 16.2. The lowest BCUT2D eigenvalue weighted by Gasteiger charge is -2.37. The Morgan fingerprint density at radius 2 is 1.93 bits per heavy atom. The first-order valence-electron chi connectivity index (χ1n) is 10.2. The van der Waals surface area contributed by atoms with E-state index >= 15 is 0 Å². The monoisotopic (exact) mass is 389 g/mol. The topological polar surface area (TPSA) is 70.6 Å².